The molecule has 0 spiro atoms. The minimum Gasteiger partial charge on any atom is -0.293 e. The molecule has 0 heterocycles. The van der Waals surface area contributed by atoms with Crippen LogP contribution in [0.15, 0.2) is 12.1 Å². The summed E-state index contributed by atoms with van der Waals surface area (Å²) in [6, 6.07) is 3.30. The van der Waals surface area contributed by atoms with Crippen molar-refractivity contribution in [3.63, 3.8) is 0 Å². The molecule has 0 N–H and O–H groups in total. The molecular weight excluding hydrogens is 248 g/mol. The van der Waals surface area contributed by atoms with Crippen LogP contribution in [-0.2, 0) is 9.84 Å². The monoisotopic (exact) mass is 260 g/mol. The number of carbonyl (C=O) groups excluding carboxylic acids is 1. The molecule has 0 aliphatic rings. The predicted molar refractivity (Wildman–Crippen MR) is 65.0 cm³/mol. The van der Waals surface area contributed by atoms with Crippen molar-refractivity contribution in [3.05, 3.63) is 33.8 Å². The smallest absolute Gasteiger partial charge is 0.179 e. The van der Waals surface area contributed by atoms with E-state index in [1.54, 1.807) is 12.1 Å². The van der Waals surface area contributed by atoms with Crippen LogP contribution in [0.4, 0.5) is 0 Å². The number of carbonyl (C=O) groups is 1. The van der Waals surface area contributed by atoms with Gasteiger partial charge < -0.3 is 0 Å². The Morgan fingerprint density at radius 2 is 1.75 bits per heavy atom. The van der Waals surface area contributed by atoms with Gasteiger partial charge in [-0.15, -0.1) is 0 Å². The Kier molecular flexibility index (Phi) is 3.76. The number of sulfone groups is 1. The van der Waals surface area contributed by atoms with E-state index in [9.17, 15) is 13.2 Å². The highest BCUT2D eigenvalue weighted by Gasteiger charge is 2.16. The molecule has 0 radical (unpaired) electrons. The molecule has 1 aromatic rings. The molecule has 88 valence electrons. The highest BCUT2D eigenvalue weighted by Crippen LogP contribution is 2.21. The molecular formula is C11H13ClO3S. The van der Waals surface area contributed by atoms with Crippen LogP contribution in [0.1, 0.15) is 21.5 Å². The van der Waals surface area contributed by atoms with Gasteiger partial charge in [-0.1, -0.05) is 11.6 Å². The summed E-state index contributed by atoms with van der Waals surface area (Å²) in [5.74, 6) is -0.967. The number of Topliss-reactive ketones (excluding diaryl/α,β-unsaturated/α-hetero) is 1. The number of hydrogen-bond donors (Lipinski definition) is 0. The normalized spacial score (nSPS) is 11.5. The van der Waals surface area contributed by atoms with Crippen LogP contribution >= 0.6 is 11.6 Å². The SMILES string of the molecule is Cc1cc(Cl)c(C(=O)CS(C)(=O)=O)cc1C. The topological polar surface area (TPSA) is 51.2 Å². The van der Waals surface area contributed by atoms with Gasteiger partial charge in [0.05, 0.1) is 5.02 Å². The van der Waals surface area contributed by atoms with Crippen molar-refractivity contribution in [1.82, 2.24) is 0 Å². The summed E-state index contributed by atoms with van der Waals surface area (Å²) in [6.07, 6.45) is 1.03. The Labute approximate surface area is 100 Å². The Bertz CT molecular complexity index is 532. The third-order valence-electron chi connectivity index (χ3n) is 2.28. The molecule has 0 bridgehead atoms. The number of benzene rings is 1. The molecule has 1 aromatic carbocycles. The van der Waals surface area contributed by atoms with Gasteiger partial charge in [0, 0.05) is 11.8 Å². The Balaban J connectivity index is 3.15. The molecule has 3 nitrogen and oxygen atoms in total. The van der Waals surface area contributed by atoms with E-state index in [1.807, 2.05) is 13.8 Å². The van der Waals surface area contributed by atoms with Gasteiger partial charge in [0.25, 0.3) is 0 Å². The van der Waals surface area contributed by atoms with E-state index >= 15 is 0 Å². The van der Waals surface area contributed by atoms with Gasteiger partial charge in [0.15, 0.2) is 15.6 Å². The summed E-state index contributed by atoms with van der Waals surface area (Å²) in [5, 5.41) is 0.303. The molecule has 0 saturated carbocycles. The average Bonchev–Trinajstić information content (AvgIpc) is 2.08. The summed E-state index contributed by atoms with van der Waals surface area (Å²) in [7, 11) is -3.32. The van der Waals surface area contributed by atoms with Crippen LogP contribution in [-0.4, -0.2) is 26.2 Å². The van der Waals surface area contributed by atoms with Crippen molar-refractivity contribution >= 4 is 27.2 Å². The molecule has 0 aromatic heterocycles. The fourth-order valence-electron chi connectivity index (χ4n) is 1.31. The van der Waals surface area contributed by atoms with Crippen LogP contribution in [0, 0.1) is 13.8 Å². The third kappa shape index (κ3) is 3.32. The number of hydrogen-bond acceptors (Lipinski definition) is 3. The van der Waals surface area contributed by atoms with Gasteiger partial charge in [-0.3, -0.25) is 4.79 Å². The van der Waals surface area contributed by atoms with Crippen molar-refractivity contribution in [1.29, 1.82) is 0 Å². The van der Waals surface area contributed by atoms with Crippen molar-refractivity contribution in [3.8, 4) is 0 Å². The zero-order valence-electron chi connectivity index (χ0n) is 9.37. The standard InChI is InChI=1S/C11H13ClO3S/c1-7-4-9(10(12)5-8(7)2)11(13)6-16(3,14)15/h4-5H,6H2,1-3H3. The fraction of sp³-hybridized carbons (Fsp3) is 0.364. The average molecular weight is 261 g/mol. The van der Waals surface area contributed by atoms with E-state index in [0.29, 0.717) is 5.02 Å². The minimum atomic E-state index is -3.32. The molecule has 0 saturated heterocycles. The zero-order chi connectivity index (χ0) is 12.5. The van der Waals surface area contributed by atoms with Crippen molar-refractivity contribution in [2.75, 3.05) is 12.0 Å². The fourth-order valence-corrected chi connectivity index (χ4v) is 2.27. The first-order valence-electron chi connectivity index (χ1n) is 4.68. The van der Waals surface area contributed by atoms with E-state index in [4.69, 9.17) is 11.6 Å². The lowest BCUT2D eigenvalue weighted by molar-refractivity contribution is 0.102. The third-order valence-corrected chi connectivity index (χ3v) is 3.38. The van der Waals surface area contributed by atoms with Crippen LogP contribution in [0.5, 0.6) is 0 Å². The lowest BCUT2D eigenvalue weighted by Crippen LogP contribution is -2.15. The van der Waals surface area contributed by atoms with E-state index < -0.39 is 21.4 Å². The molecule has 5 heteroatoms. The van der Waals surface area contributed by atoms with Gasteiger partial charge in [0.1, 0.15) is 5.75 Å². The lowest BCUT2D eigenvalue weighted by atomic mass is 10.0. The Hall–Kier alpha value is -0.870. The van der Waals surface area contributed by atoms with Crippen LogP contribution in [0.2, 0.25) is 5.02 Å². The summed E-state index contributed by atoms with van der Waals surface area (Å²) >= 11 is 5.91. The molecule has 1 rings (SSSR count). The second kappa shape index (κ2) is 4.55. The maximum atomic E-state index is 11.7. The molecule has 16 heavy (non-hydrogen) atoms. The summed E-state index contributed by atoms with van der Waals surface area (Å²) in [4.78, 5) is 11.7. The number of aryl methyl sites for hydroxylation is 2. The largest absolute Gasteiger partial charge is 0.293 e. The van der Waals surface area contributed by atoms with Gasteiger partial charge in [-0.25, -0.2) is 8.42 Å². The number of ketones is 1. The summed E-state index contributed by atoms with van der Waals surface area (Å²) in [6.45, 7) is 3.73. The first-order valence-corrected chi connectivity index (χ1v) is 7.12. The first-order chi connectivity index (χ1) is 7.20. The molecule has 0 atom stereocenters. The van der Waals surface area contributed by atoms with Crippen molar-refractivity contribution in [2.24, 2.45) is 0 Å². The van der Waals surface area contributed by atoms with Crippen molar-refractivity contribution in [2.45, 2.75) is 13.8 Å². The van der Waals surface area contributed by atoms with E-state index in [1.165, 1.54) is 0 Å². The van der Waals surface area contributed by atoms with Gasteiger partial charge in [-0.2, -0.15) is 0 Å². The Morgan fingerprint density at radius 3 is 2.25 bits per heavy atom. The maximum Gasteiger partial charge on any atom is 0.179 e. The summed E-state index contributed by atoms with van der Waals surface area (Å²) < 4.78 is 22.0. The van der Waals surface area contributed by atoms with Crippen LogP contribution in [0.3, 0.4) is 0 Å². The number of halogens is 1. The minimum absolute atomic E-state index is 0.273. The predicted octanol–water partition coefficient (Wildman–Crippen LogP) is 2.18. The highest BCUT2D eigenvalue weighted by atomic mass is 35.5. The summed E-state index contributed by atoms with van der Waals surface area (Å²) in [5.41, 5.74) is 2.16. The van der Waals surface area contributed by atoms with Crippen molar-refractivity contribution < 1.29 is 13.2 Å². The van der Waals surface area contributed by atoms with E-state index in [2.05, 4.69) is 0 Å². The molecule has 0 unspecified atom stereocenters. The lowest BCUT2D eigenvalue weighted by Gasteiger charge is -2.06. The van der Waals surface area contributed by atoms with Crippen LogP contribution < -0.4 is 0 Å². The van der Waals surface area contributed by atoms with Gasteiger partial charge >= 0.3 is 0 Å². The highest BCUT2D eigenvalue weighted by molar-refractivity contribution is 7.91. The molecule has 0 aliphatic carbocycles. The first kappa shape index (κ1) is 13.2. The van der Waals surface area contributed by atoms with Crippen LogP contribution in [0.25, 0.3) is 0 Å². The van der Waals surface area contributed by atoms with Gasteiger partial charge in [0.2, 0.25) is 0 Å². The van der Waals surface area contributed by atoms with Gasteiger partial charge in [-0.05, 0) is 37.1 Å². The quantitative estimate of drug-likeness (QED) is 0.783. The number of rotatable bonds is 3. The Morgan fingerprint density at radius 1 is 1.25 bits per heavy atom. The zero-order valence-corrected chi connectivity index (χ0v) is 10.9. The van der Waals surface area contributed by atoms with E-state index in [0.717, 1.165) is 17.4 Å². The second-order valence-corrected chi connectivity index (χ2v) is 6.46. The van der Waals surface area contributed by atoms with E-state index in [-0.39, 0.29) is 5.56 Å². The molecule has 0 amide bonds. The second-order valence-electron chi connectivity index (χ2n) is 3.91. The molecule has 0 fully saturated rings. The molecule has 0 aliphatic heterocycles. The maximum absolute atomic E-state index is 11.7.